The van der Waals surface area contributed by atoms with Crippen molar-refractivity contribution < 1.29 is 10.2 Å². The molecule has 0 bridgehead atoms. The molecule has 2 N–H and O–H groups in total. The van der Waals surface area contributed by atoms with E-state index in [1.807, 2.05) is 0 Å². The minimum absolute atomic E-state index is 0.262. The SMILES string of the molecule is OCSCCCCCCCCSCO. The van der Waals surface area contributed by atoms with Crippen LogP contribution in [0.2, 0.25) is 0 Å². The molecule has 0 saturated carbocycles. The highest BCUT2D eigenvalue weighted by molar-refractivity contribution is 7.99. The van der Waals surface area contributed by atoms with Gasteiger partial charge in [-0.2, -0.15) is 0 Å². The van der Waals surface area contributed by atoms with Crippen LogP contribution in [0.1, 0.15) is 38.5 Å². The van der Waals surface area contributed by atoms with E-state index in [1.54, 1.807) is 23.5 Å². The topological polar surface area (TPSA) is 40.5 Å². The van der Waals surface area contributed by atoms with Crippen LogP contribution in [0.15, 0.2) is 0 Å². The number of hydrogen-bond donors (Lipinski definition) is 2. The molecule has 0 atom stereocenters. The number of hydrogen-bond acceptors (Lipinski definition) is 4. The van der Waals surface area contributed by atoms with Crippen molar-refractivity contribution in [3.8, 4) is 0 Å². The Labute approximate surface area is 95.9 Å². The van der Waals surface area contributed by atoms with Crippen LogP contribution in [0.5, 0.6) is 0 Å². The van der Waals surface area contributed by atoms with Gasteiger partial charge < -0.3 is 10.2 Å². The largest absolute Gasteiger partial charge is 0.386 e. The zero-order valence-electron chi connectivity index (χ0n) is 8.78. The number of rotatable bonds is 11. The van der Waals surface area contributed by atoms with Gasteiger partial charge in [0.15, 0.2) is 0 Å². The lowest BCUT2D eigenvalue weighted by atomic mass is 10.1. The number of aliphatic hydroxyl groups excluding tert-OH is 2. The van der Waals surface area contributed by atoms with Gasteiger partial charge in [-0.1, -0.05) is 25.7 Å². The van der Waals surface area contributed by atoms with E-state index in [0.29, 0.717) is 0 Å². The van der Waals surface area contributed by atoms with Crippen molar-refractivity contribution in [1.82, 2.24) is 0 Å². The summed E-state index contributed by atoms with van der Waals surface area (Å²) in [5.41, 5.74) is 0. The Morgan fingerprint density at radius 1 is 0.571 bits per heavy atom. The zero-order valence-corrected chi connectivity index (χ0v) is 10.4. The standard InChI is InChI=1S/C10H22O2S2/c11-9-13-7-5-3-1-2-4-6-8-14-10-12/h11-12H,1-10H2. The van der Waals surface area contributed by atoms with Gasteiger partial charge in [0.2, 0.25) is 0 Å². The molecule has 0 amide bonds. The third-order valence-corrected chi connectivity index (χ3v) is 3.53. The minimum Gasteiger partial charge on any atom is -0.386 e. The molecule has 2 nitrogen and oxygen atoms in total. The third kappa shape index (κ3) is 12.6. The Kier molecular flexibility index (Phi) is 14.2. The highest BCUT2D eigenvalue weighted by atomic mass is 32.2. The molecule has 0 aromatic carbocycles. The monoisotopic (exact) mass is 238 g/mol. The van der Waals surface area contributed by atoms with Crippen LogP contribution in [0.3, 0.4) is 0 Å². The molecule has 14 heavy (non-hydrogen) atoms. The molecule has 0 aliphatic carbocycles. The quantitative estimate of drug-likeness (QED) is 0.429. The van der Waals surface area contributed by atoms with E-state index >= 15 is 0 Å². The lowest BCUT2D eigenvalue weighted by Crippen LogP contribution is -1.86. The van der Waals surface area contributed by atoms with E-state index in [4.69, 9.17) is 10.2 Å². The summed E-state index contributed by atoms with van der Waals surface area (Å²) in [6.45, 7) is 0. The van der Waals surface area contributed by atoms with E-state index in [9.17, 15) is 0 Å². The first-order chi connectivity index (χ1) is 6.91. The Balaban J connectivity index is 2.78. The van der Waals surface area contributed by atoms with E-state index in [2.05, 4.69) is 0 Å². The molecule has 0 saturated heterocycles. The van der Waals surface area contributed by atoms with Crippen LogP contribution < -0.4 is 0 Å². The highest BCUT2D eigenvalue weighted by Gasteiger charge is 1.92. The predicted octanol–water partition coefficient (Wildman–Crippen LogP) is 2.69. The molecule has 0 radical (unpaired) electrons. The Hall–Kier alpha value is 0.620. The molecule has 0 aliphatic heterocycles. The molecule has 0 spiro atoms. The van der Waals surface area contributed by atoms with E-state index in [-0.39, 0.29) is 11.9 Å². The van der Waals surface area contributed by atoms with Crippen LogP contribution >= 0.6 is 23.5 Å². The number of unbranched alkanes of at least 4 members (excludes halogenated alkanes) is 5. The summed E-state index contributed by atoms with van der Waals surface area (Å²) in [6.07, 6.45) is 7.68. The summed E-state index contributed by atoms with van der Waals surface area (Å²) < 4.78 is 0. The number of thioether (sulfide) groups is 2. The zero-order chi connectivity index (χ0) is 10.5. The van der Waals surface area contributed by atoms with Crippen LogP contribution in [0.25, 0.3) is 0 Å². The van der Waals surface area contributed by atoms with Gasteiger partial charge in [0.05, 0.1) is 11.9 Å². The van der Waals surface area contributed by atoms with Crippen LogP contribution in [-0.4, -0.2) is 33.6 Å². The molecule has 0 aromatic rings. The fraction of sp³-hybridized carbons (Fsp3) is 1.00. The second-order valence-corrected chi connectivity index (χ2v) is 5.35. The number of aliphatic hydroxyl groups is 2. The first-order valence-corrected chi connectivity index (χ1v) is 7.60. The Bertz CT molecular complexity index is 90.1. The molecular weight excluding hydrogens is 216 g/mol. The van der Waals surface area contributed by atoms with Crippen molar-refractivity contribution in [2.24, 2.45) is 0 Å². The van der Waals surface area contributed by atoms with Crippen LogP contribution in [-0.2, 0) is 0 Å². The van der Waals surface area contributed by atoms with Crippen molar-refractivity contribution in [2.45, 2.75) is 38.5 Å². The summed E-state index contributed by atoms with van der Waals surface area (Å²) in [5.74, 6) is 2.71. The fourth-order valence-corrected chi connectivity index (χ4v) is 2.32. The van der Waals surface area contributed by atoms with Crippen molar-refractivity contribution in [3.05, 3.63) is 0 Å². The summed E-state index contributed by atoms with van der Waals surface area (Å²) in [6, 6.07) is 0. The summed E-state index contributed by atoms with van der Waals surface area (Å²) in [5, 5.41) is 17.1. The summed E-state index contributed by atoms with van der Waals surface area (Å²) in [7, 11) is 0. The van der Waals surface area contributed by atoms with Gasteiger partial charge in [-0.3, -0.25) is 0 Å². The lowest BCUT2D eigenvalue weighted by Gasteiger charge is -2.01. The maximum atomic E-state index is 8.53. The second kappa shape index (κ2) is 13.6. The van der Waals surface area contributed by atoms with Crippen molar-refractivity contribution in [2.75, 3.05) is 23.4 Å². The fourth-order valence-electron chi connectivity index (χ4n) is 1.24. The van der Waals surface area contributed by atoms with E-state index in [0.717, 1.165) is 11.5 Å². The van der Waals surface area contributed by atoms with Gasteiger partial charge in [0.1, 0.15) is 0 Å². The Morgan fingerprint density at radius 2 is 0.929 bits per heavy atom. The molecule has 4 heteroatoms. The van der Waals surface area contributed by atoms with Crippen molar-refractivity contribution in [1.29, 1.82) is 0 Å². The smallest absolute Gasteiger partial charge is 0.0885 e. The predicted molar refractivity (Wildman–Crippen MR) is 66.8 cm³/mol. The molecule has 0 heterocycles. The highest BCUT2D eigenvalue weighted by Crippen LogP contribution is 2.10. The van der Waals surface area contributed by atoms with Crippen molar-refractivity contribution >= 4 is 23.5 Å². The van der Waals surface area contributed by atoms with Gasteiger partial charge in [0, 0.05) is 0 Å². The average Bonchev–Trinajstić information content (AvgIpc) is 2.21. The van der Waals surface area contributed by atoms with Gasteiger partial charge in [-0.15, -0.1) is 23.5 Å². The van der Waals surface area contributed by atoms with Gasteiger partial charge in [-0.05, 0) is 24.3 Å². The Morgan fingerprint density at radius 3 is 1.29 bits per heavy atom. The minimum atomic E-state index is 0.262. The molecule has 0 unspecified atom stereocenters. The maximum Gasteiger partial charge on any atom is 0.0885 e. The maximum absolute atomic E-state index is 8.53. The summed E-state index contributed by atoms with van der Waals surface area (Å²) >= 11 is 3.21. The first kappa shape index (κ1) is 14.6. The third-order valence-electron chi connectivity index (χ3n) is 2.01. The average molecular weight is 238 g/mol. The van der Waals surface area contributed by atoms with Gasteiger partial charge in [0.25, 0.3) is 0 Å². The molecule has 86 valence electrons. The van der Waals surface area contributed by atoms with Crippen LogP contribution in [0.4, 0.5) is 0 Å². The second-order valence-electron chi connectivity index (χ2n) is 3.20. The van der Waals surface area contributed by atoms with E-state index < -0.39 is 0 Å². The van der Waals surface area contributed by atoms with Crippen LogP contribution in [0, 0.1) is 0 Å². The normalized spacial score (nSPS) is 10.7. The molecular formula is C10H22O2S2. The molecule has 0 fully saturated rings. The lowest BCUT2D eigenvalue weighted by molar-refractivity contribution is 0.375. The molecule has 0 aromatic heterocycles. The first-order valence-electron chi connectivity index (χ1n) is 5.29. The van der Waals surface area contributed by atoms with Gasteiger partial charge in [-0.25, -0.2) is 0 Å². The van der Waals surface area contributed by atoms with E-state index in [1.165, 1.54) is 38.5 Å². The van der Waals surface area contributed by atoms with Crippen molar-refractivity contribution in [3.63, 3.8) is 0 Å². The summed E-state index contributed by atoms with van der Waals surface area (Å²) in [4.78, 5) is 0. The molecule has 0 aliphatic rings. The van der Waals surface area contributed by atoms with Gasteiger partial charge >= 0.3 is 0 Å². The molecule has 0 rings (SSSR count).